The molecule has 0 radical (unpaired) electrons. The highest BCUT2D eigenvalue weighted by Gasteiger charge is 2.26. The molecule has 26 heavy (non-hydrogen) atoms. The van der Waals surface area contributed by atoms with E-state index in [9.17, 15) is 8.42 Å². The summed E-state index contributed by atoms with van der Waals surface area (Å²) in [4.78, 5) is 4.68. The second-order valence-corrected chi connectivity index (χ2v) is 8.36. The maximum absolute atomic E-state index is 13.1. The minimum Gasteiger partial charge on any atom is -0.336 e. The van der Waals surface area contributed by atoms with Gasteiger partial charge in [0.05, 0.1) is 4.90 Å². The zero-order valence-corrected chi connectivity index (χ0v) is 15.4. The number of sulfonamides is 1. The molecule has 0 saturated heterocycles. The second-order valence-electron chi connectivity index (χ2n) is 6.65. The van der Waals surface area contributed by atoms with E-state index in [0.717, 1.165) is 30.4 Å². The quantitative estimate of drug-likeness (QED) is 0.754. The maximum Gasteiger partial charge on any atom is 0.241 e. The molecule has 0 spiro atoms. The number of nitrogens with one attached hydrogen (secondary N) is 1. The Bertz CT molecular complexity index is 1030. The Morgan fingerprint density at radius 1 is 1.08 bits per heavy atom. The van der Waals surface area contributed by atoms with Crippen LogP contribution in [0.25, 0.3) is 0 Å². The van der Waals surface area contributed by atoms with Crippen molar-refractivity contribution in [3.8, 4) is 0 Å². The van der Waals surface area contributed by atoms with Crippen molar-refractivity contribution in [3.63, 3.8) is 0 Å². The number of fused-ring (bicyclic) bond motifs is 1. The highest BCUT2D eigenvalue weighted by Crippen LogP contribution is 2.27. The van der Waals surface area contributed by atoms with Crippen LogP contribution < -0.4 is 4.72 Å². The van der Waals surface area contributed by atoms with Gasteiger partial charge >= 0.3 is 0 Å². The van der Waals surface area contributed by atoms with Crippen molar-refractivity contribution in [2.24, 2.45) is 7.05 Å². The van der Waals surface area contributed by atoms with Gasteiger partial charge in [-0.25, -0.2) is 13.4 Å². The summed E-state index contributed by atoms with van der Waals surface area (Å²) >= 11 is 0. The first kappa shape index (κ1) is 17.0. The number of benzene rings is 2. The van der Waals surface area contributed by atoms with Crippen molar-refractivity contribution in [1.82, 2.24) is 14.3 Å². The van der Waals surface area contributed by atoms with E-state index in [0.29, 0.717) is 10.7 Å². The molecule has 6 heteroatoms. The normalized spacial score (nSPS) is 15.0. The van der Waals surface area contributed by atoms with Crippen LogP contribution in [0.3, 0.4) is 0 Å². The third-order valence-electron chi connectivity index (χ3n) is 4.90. The molecule has 1 aliphatic rings. The predicted molar refractivity (Wildman–Crippen MR) is 100 cm³/mol. The van der Waals surface area contributed by atoms with E-state index in [2.05, 4.69) is 9.71 Å². The van der Waals surface area contributed by atoms with E-state index < -0.39 is 16.1 Å². The minimum absolute atomic E-state index is 0.313. The SMILES string of the molecule is Cn1ccnc1[C@H](NS(=O)(=O)c1ccc2c(c1)CCC2)c1ccccc1. The number of hydrogen-bond acceptors (Lipinski definition) is 3. The van der Waals surface area contributed by atoms with Gasteiger partial charge in [-0.3, -0.25) is 0 Å². The Balaban J connectivity index is 1.72. The molecule has 0 aliphatic heterocycles. The van der Waals surface area contributed by atoms with Gasteiger partial charge < -0.3 is 4.57 Å². The molecule has 3 aromatic rings. The molecule has 1 heterocycles. The van der Waals surface area contributed by atoms with Crippen LogP contribution in [-0.4, -0.2) is 18.0 Å². The molecular weight excluding hydrogens is 346 g/mol. The average Bonchev–Trinajstić information content (AvgIpc) is 3.28. The van der Waals surface area contributed by atoms with E-state index >= 15 is 0 Å². The fourth-order valence-corrected chi connectivity index (χ4v) is 4.74. The Kier molecular flexibility index (Phi) is 4.38. The zero-order valence-electron chi connectivity index (χ0n) is 14.6. The van der Waals surface area contributed by atoms with Crippen molar-refractivity contribution >= 4 is 10.0 Å². The van der Waals surface area contributed by atoms with E-state index in [1.54, 1.807) is 12.3 Å². The lowest BCUT2D eigenvalue weighted by atomic mass is 10.1. The largest absolute Gasteiger partial charge is 0.336 e. The van der Waals surface area contributed by atoms with Crippen LogP contribution in [0.1, 0.15) is 35.0 Å². The first-order valence-corrected chi connectivity index (χ1v) is 10.2. The van der Waals surface area contributed by atoms with E-state index in [-0.39, 0.29) is 0 Å². The number of aryl methyl sites for hydroxylation is 3. The van der Waals surface area contributed by atoms with Crippen molar-refractivity contribution in [1.29, 1.82) is 0 Å². The molecule has 1 aromatic heterocycles. The molecule has 1 aliphatic carbocycles. The molecular formula is C20H21N3O2S. The smallest absolute Gasteiger partial charge is 0.241 e. The van der Waals surface area contributed by atoms with Crippen LogP contribution >= 0.6 is 0 Å². The molecule has 1 N–H and O–H groups in total. The van der Waals surface area contributed by atoms with E-state index in [4.69, 9.17) is 0 Å². The van der Waals surface area contributed by atoms with Gasteiger partial charge in [0, 0.05) is 19.4 Å². The molecule has 0 bridgehead atoms. The summed E-state index contributed by atoms with van der Waals surface area (Å²) in [5.74, 6) is 0.654. The van der Waals surface area contributed by atoms with Crippen LogP contribution in [0.4, 0.5) is 0 Å². The molecule has 0 amide bonds. The maximum atomic E-state index is 13.1. The van der Waals surface area contributed by atoms with Gasteiger partial charge in [-0.15, -0.1) is 0 Å². The Hall–Kier alpha value is -2.44. The Labute approximate surface area is 153 Å². The first-order valence-electron chi connectivity index (χ1n) is 8.71. The van der Waals surface area contributed by atoms with Crippen LogP contribution in [0, 0.1) is 0 Å². The van der Waals surface area contributed by atoms with Crippen LogP contribution in [0.2, 0.25) is 0 Å². The van der Waals surface area contributed by atoms with E-state index in [1.165, 1.54) is 5.56 Å². The topological polar surface area (TPSA) is 64.0 Å². The van der Waals surface area contributed by atoms with Crippen molar-refractivity contribution in [2.75, 3.05) is 0 Å². The molecule has 0 fully saturated rings. The summed E-state index contributed by atoms with van der Waals surface area (Å²) in [5, 5.41) is 0. The number of hydrogen-bond donors (Lipinski definition) is 1. The number of nitrogens with zero attached hydrogens (tertiary/aromatic N) is 2. The second kappa shape index (κ2) is 6.70. The van der Waals surface area contributed by atoms with Crippen molar-refractivity contribution in [2.45, 2.75) is 30.2 Å². The fourth-order valence-electron chi connectivity index (χ4n) is 3.51. The third kappa shape index (κ3) is 3.18. The van der Waals surface area contributed by atoms with Gasteiger partial charge in [0.25, 0.3) is 0 Å². The highest BCUT2D eigenvalue weighted by atomic mass is 32.2. The van der Waals surface area contributed by atoms with Crippen LogP contribution in [0.5, 0.6) is 0 Å². The standard InChI is InChI=1S/C20H21N3O2S/c1-23-13-12-21-20(23)19(16-6-3-2-4-7-16)22-26(24,25)18-11-10-15-8-5-9-17(15)14-18/h2-4,6-7,10-14,19,22H,5,8-9H2,1H3/t19-/m1/s1. The van der Waals surface area contributed by atoms with Crippen molar-refractivity contribution in [3.05, 3.63) is 83.4 Å². The number of imidazole rings is 1. The lowest BCUT2D eigenvalue weighted by Gasteiger charge is -2.19. The molecule has 2 aromatic carbocycles. The zero-order chi connectivity index (χ0) is 18.1. The lowest BCUT2D eigenvalue weighted by Crippen LogP contribution is -2.31. The molecule has 0 unspecified atom stereocenters. The molecule has 4 rings (SSSR count). The fraction of sp³-hybridized carbons (Fsp3) is 0.250. The summed E-state index contributed by atoms with van der Waals surface area (Å²) in [6, 6.07) is 14.4. The molecule has 0 saturated carbocycles. The van der Waals surface area contributed by atoms with Gasteiger partial charge in [-0.05, 0) is 48.1 Å². The Morgan fingerprint density at radius 2 is 1.85 bits per heavy atom. The van der Waals surface area contributed by atoms with Crippen molar-refractivity contribution < 1.29 is 8.42 Å². The van der Waals surface area contributed by atoms with Gasteiger partial charge in [0.1, 0.15) is 11.9 Å². The highest BCUT2D eigenvalue weighted by molar-refractivity contribution is 7.89. The lowest BCUT2D eigenvalue weighted by molar-refractivity contribution is 0.562. The number of aromatic nitrogens is 2. The summed E-state index contributed by atoms with van der Waals surface area (Å²) in [5.41, 5.74) is 3.25. The molecule has 5 nitrogen and oxygen atoms in total. The van der Waals surface area contributed by atoms with Gasteiger partial charge in [-0.1, -0.05) is 36.4 Å². The summed E-state index contributed by atoms with van der Waals surface area (Å²) in [7, 11) is -1.81. The van der Waals surface area contributed by atoms with Crippen LogP contribution in [0.15, 0.2) is 65.8 Å². The van der Waals surface area contributed by atoms with Gasteiger partial charge in [-0.2, -0.15) is 4.72 Å². The molecule has 134 valence electrons. The summed E-state index contributed by atoms with van der Waals surface area (Å²) in [6.45, 7) is 0. The third-order valence-corrected chi connectivity index (χ3v) is 6.32. The predicted octanol–water partition coefficient (Wildman–Crippen LogP) is 2.98. The van der Waals surface area contributed by atoms with Gasteiger partial charge in [0.15, 0.2) is 0 Å². The monoisotopic (exact) mass is 367 g/mol. The van der Waals surface area contributed by atoms with Gasteiger partial charge in [0.2, 0.25) is 10.0 Å². The van der Waals surface area contributed by atoms with E-state index in [1.807, 2.05) is 60.3 Å². The average molecular weight is 367 g/mol. The first-order chi connectivity index (χ1) is 12.5. The van der Waals surface area contributed by atoms with Crippen LogP contribution in [-0.2, 0) is 29.9 Å². The summed E-state index contributed by atoms with van der Waals surface area (Å²) in [6.07, 6.45) is 6.55. The number of rotatable bonds is 5. The molecule has 1 atom stereocenters. The Morgan fingerprint density at radius 3 is 2.58 bits per heavy atom. The summed E-state index contributed by atoms with van der Waals surface area (Å²) < 4.78 is 30.8. The minimum atomic E-state index is -3.68.